The van der Waals surface area contributed by atoms with Crippen LogP contribution in [0.15, 0.2) is 35.5 Å². The van der Waals surface area contributed by atoms with Crippen LogP contribution in [0.2, 0.25) is 0 Å². The maximum absolute atomic E-state index is 12.1. The van der Waals surface area contributed by atoms with Gasteiger partial charge >= 0.3 is 5.97 Å². The number of hydrogen-bond donors (Lipinski definition) is 1. The molecular weight excluding hydrogens is 352 g/mol. The van der Waals surface area contributed by atoms with Crippen LogP contribution in [0.4, 0.5) is 5.69 Å². The Morgan fingerprint density at radius 3 is 2.42 bits per heavy atom. The molecule has 0 saturated heterocycles. The first-order chi connectivity index (χ1) is 12.4. The maximum atomic E-state index is 12.1. The van der Waals surface area contributed by atoms with Gasteiger partial charge in [-0.3, -0.25) is 9.59 Å². The zero-order chi connectivity index (χ0) is 19.1. The molecule has 1 unspecified atom stereocenters. The lowest BCUT2D eigenvalue weighted by molar-refractivity contribution is -0.150. The molecule has 2 rings (SSSR count). The van der Waals surface area contributed by atoms with Crippen LogP contribution in [0.5, 0.6) is 0 Å². The molecule has 1 amide bonds. The van der Waals surface area contributed by atoms with E-state index in [1.165, 1.54) is 6.92 Å². The van der Waals surface area contributed by atoms with Gasteiger partial charge in [-0.05, 0) is 51.1 Å². The molecule has 0 bridgehead atoms. The first-order valence-electron chi connectivity index (χ1n) is 7.83. The molecule has 26 heavy (non-hydrogen) atoms. The highest BCUT2D eigenvalue weighted by molar-refractivity contribution is 7.99. The van der Waals surface area contributed by atoms with E-state index in [0.29, 0.717) is 16.4 Å². The van der Waals surface area contributed by atoms with Gasteiger partial charge in [0, 0.05) is 17.1 Å². The number of carbonyl (C=O) groups excluding carboxylic acids is 2. The molecule has 0 aliphatic carbocycles. The molecule has 7 nitrogen and oxygen atoms in total. The average molecular weight is 370 g/mol. The van der Waals surface area contributed by atoms with E-state index < -0.39 is 18.0 Å². The molecule has 0 aliphatic heterocycles. The van der Waals surface area contributed by atoms with Gasteiger partial charge in [-0.15, -0.1) is 0 Å². The molecule has 0 fully saturated rings. The fourth-order valence-corrected chi connectivity index (χ4v) is 2.77. The quantitative estimate of drug-likeness (QED) is 0.473. The zero-order valence-corrected chi connectivity index (χ0v) is 15.5. The van der Waals surface area contributed by atoms with Gasteiger partial charge in [-0.1, -0.05) is 11.8 Å². The lowest BCUT2D eigenvalue weighted by Gasteiger charge is -2.13. The summed E-state index contributed by atoms with van der Waals surface area (Å²) in [5.74, 6) is -0.965. The van der Waals surface area contributed by atoms with E-state index in [4.69, 9.17) is 10.00 Å². The van der Waals surface area contributed by atoms with E-state index in [1.54, 1.807) is 24.3 Å². The summed E-state index contributed by atoms with van der Waals surface area (Å²) in [7, 11) is 0. The smallest absolute Gasteiger partial charge is 0.317 e. The molecule has 1 aromatic carbocycles. The third-order valence-corrected chi connectivity index (χ3v) is 4.06. The van der Waals surface area contributed by atoms with Crippen molar-refractivity contribution in [3.63, 3.8) is 0 Å². The normalized spacial score (nSPS) is 11.3. The van der Waals surface area contributed by atoms with Crippen LogP contribution in [0.1, 0.15) is 23.9 Å². The number of ether oxygens (including phenoxy) is 1. The van der Waals surface area contributed by atoms with Gasteiger partial charge in [0.15, 0.2) is 11.3 Å². The maximum Gasteiger partial charge on any atom is 0.317 e. The van der Waals surface area contributed by atoms with Gasteiger partial charge in [0.2, 0.25) is 0 Å². The third kappa shape index (κ3) is 5.86. The van der Waals surface area contributed by atoms with Crippen molar-refractivity contribution in [2.45, 2.75) is 32.0 Å². The van der Waals surface area contributed by atoms with E-state index in [1.807, 2.05) is 26.0 Å². The summed E-state index contributed by atoms with van der Waals surface area (Å²) < 4.78 is 5.13. The topological polar surface area (TPSA) is 105 Å². The highest BCUT2D eigenvalue weighted by atomic mass is 32.2. The Hall–Kier alpha value is -2.92. The van der Waals surface area contributed by atoms with E-state index in [-0.39, 0.29) is 5.75 Å². The summed E-state index contributed by atoms with van der Waals surface area (Å²) in [6.07, 6.45) is -0.945. The van der Waals surface area contributed by atoms with Crippen molar-refractivity contribution in [3.05, 3.63) is 47.3 Å². The molecule has 8 heteroatoms. The predicted octanol–water partition coefficient (Wildman–Crippen LogP) is 2.63. The van der Waals surface area contributed by atoms with Crippen LogP contribution in [0, 0.1) is 25.2 Å². The fraction of sp³-hybridized carbons (Fsp3) is 0.278. The number of benzene rings is 1. The summed E-state index contributed by atoms with van der Waals surface area (Å²) in [5.41, 5.74) is 2.66. The highest BCUT2D eigenvalue weighted by Gasteiger charge is 2.18. The summed E-state index contributed by atoms with van der Waals surface area (Å²) in [6, 6.07) is 10.2. The Bertz CT molecular complexity index is 826. The lowest BCUT2D eigenvalue weighted by atomic mass is 10.2. The molecule has 1 N–H and O–H groups in total. The second kappa shape index (κ2) is 8.97. The Balaban J connectivity index is 1.83. The van der Waals surface area contributed by atoms with Gasteiger partial charge < -0.3 is 10.1 Å². The number of esters is 1. The van der Waals surface area contributed by atoms with Crippen LogP contribution in [-0.2, 0) is 14.3 Å². The number of hydrogen-bond acceptors (Lipinski definition) is 7. The average Bonchev–Trinajstić information content (AvgIpc) is 2.59. The van der Waals surface area contributed by atoms with Crippen molar-refractivity contribution >= 4 is 29.3 Å². The van der Waals surface area contributed by atoms with Crippen LogP contribution < -0.4 is 5.32 Å². The van der Waals surface area contributed by atoms with E-state index in [9.17, 15) is 9.59 Å². The molecular formula is C18H18N4O3S. The number of carbonyl (C=O) groups is 2. The second-order valence-corrected chi connectivity index (χ2v) is 6.47. The molecule has 0 radical (unpaired) electrons. The first-order valence-corrected chi connectivity index (χ1v) is 8.81. The van der Waals surface area contributed by atoms with Crippen LogP contribution in [-0.4, -0.2) is 33.7 Å². The van der Waals surface area contributed by atoms with Crippen molar-refractivity contribution < 1.29 is 14.3 Å². The Morgan fingerprint density at radius 1 is 1.23 bits per heavy atom. The lowest BCUT2D eigenvalue weighted by Crippen LogP contribution is -2.30. The van der Waals surface area contributed by atoms with Crippen molar-refractivity contribution in [3.8, 4) is 6.07 Å². The Morgan fingerprint density at radius 2 is 1.85 bits per heavy atom. The summed E-state index contributed by atoms with van der Waals surface area (Å²) in [5, 5.41) is 11.9. The van der Waals surface area contributed by atoms with Crippen molar-refractivity contribution in [1.82, 2.24) is 9.97 Å². The number of amides is 1. The number of nitrogens with zero attached hydrogens (tertiary/aromatic N) is 3. The SMILES string of the molecule is Cc1cc(C)nc(SCC(=O)OC(C)C(=O)Nc2ccc(C#N)cc2)n1. The van der Waals surface area contributed by atoms with Crippen LogP contribution >= 0.6 is 11.8 Å². The molecule has 0 spiro atoms. The van der Waals surface area contributed by atoms with Gasteiger partial charge in [0.1, 0.15) is 0 Å². The third-order valence-electron chi connectivity index (χ3n) is 3.24. The van der Waals surface area contributed by atoms with Gasteiger partial charge in [0.25, 0.3) is 5.91 Å². The Labute approximate surface area is 155 Å². The van der Waals surface area contributed by atoms with E-state index in [2.05, 4.69) is 15.3 Å². The number of nitrogens with one attached hydrogen (secondary N) is 1. The highest BCUT2D eigenvalue weighted by Crippen LogP contribution is 2.15. The van der Waals surface area contributed by atoms with Gasteiger partial charge in [-0.2, -0.15) is 5.26 Å². The van der Waals surface area contributed by atoms with Gasteiger partial charge in [0.05, 0.1) is 17.4 Å². The number of nitriles is 1. The number of anilines is 1. The van der Waals surface area contributed by atoms with Crippen molar-refractivity contribution in [2.24, 2.45) is 0 Å². The number of rotatable bonds is 6. The monoisotopic (exact) mass is 370 g/mol. The second-order valence-electron chi connectivity index (χ2n) is 5.53. The summed E-state index contributed by atoms with van der Waals surface area (Å²) in [4.78, 5) is 32.5. The van der Waals surface area contributed by atoms with E-state index >= 15 is 0 Å². The van der Waals surface area contributed by atoms with Gasteiger partial charge in [-0.25, -0.2) is 9.97 Å². The number of aryl methyl sites for hydroxylation is 2. The fourth-order valence-electron chi connectivity index (χ4n) is 2.04. The van der Waals surface area contributed by atoms with Crippen molar-refractivity contribution in [2.75, 3.05) is 11.1 Å². The van der Waals surface area contributed by atoms with Crippen molar-refractivity contribution in [1.29, 1.82) is 5.26 Å². The van der Waals surface area contributed by atoms with E-state index in [0.717, 1.165) is 23.1 Å². The summed E-state index contributed by atoms with van der Waals surface area (Å²) >= 11 is 1.16. The number of thioether (sulfide) groups is 1. The Kier molecular flexibility index (Phi) is 6.69. The minimum absolute atomic E-state index is 0.0113. The zero-order valence-electron chi connectivity index (χ0n) is 14.6. The standard InChI is InChI=1S/C18H18N4O3S/c1-11-8-12(2)21-18(20-11)26-10-16(23)25-13(3)17(24)22-15-6-4-14(9-19)5-7-15/h4-8,13H,10H2,1-3H3,(H,22,24). The minimum atomic E-state index is -0.945. The molecule has 1 heterocycles. The molecule has 134 valence electrons. The van der Waals surface area contributed by atoms with Crippen LogP contribution in [0.25, 0.3) is 0 Å². The number of aromatic nitrogens is 2. The molecule has 0 saturated carbocycles. The molecule has 0 aliphatic rings. The minimum Gasteiger partial charge on any atom is -0.452 e. The van der Waals surface area contributed by atoms with Crippen LogP contribution in [0.3, 0.4) is 0 Å². The first kappa shape index (κ1) is 19.4. The molecule has 1 atom stereocenters. The molecule has 1 aromatic heterocycles. The largest absolute Gasteiger partial charge is 0.452 e. The molecule has 2 aromatic rings. The predicted molar refractivity (Wildman–Crippen MR) is 97.6 cm³/mol. The summed E-state index contributed by atoms with van der Waals surface area (Å²) in [6.45, 7) is 5.20.